The standard InChI is InChI=1S/C17H26N6OS/c1-13-12-25-16(21-13)5-4-6-19-17(18-2)23-7-8-24-15(11-23)14-9-20-22(3)10-14/h9-10,12,15H,4-8,11H2,1-3H3,(H,18,19). The summed E-state index contributed by atoms with van der Waals surface area (Å²) in [6, 6.07) is 0. The Kier molecular flexibility index (Phi) is 6.04. The van der Waals surface area contributed by atoms with E-state index in [0.717, 1.165) is 49.7 Å². The van der Waals surface area contributed by atoms with Gasteiger partial charge in [-0.1, -0.05) is 0 Å². The third kappa shape index (κ3) is 4.79. The fourth-order valence-electron chi connectivity index (χ4n) is 2.94. The molecule has 0 saturated carbocycles. The highest BCUT2D eigenvalue weighted by Gasteiger charge is 2.24. The predicted molar refractivity (Wildman–Crippen MR) is 100 cm³/mol. The number of nitrogens with zero attached hydrogens (tertiary/aromatic N) is 5. The number of aryl methyl sites for hydroxylation is 3. The van der Waals surface area contributed by atoms with Crippen molar-refractivity contribution in [3.8, 4) is 0 Å². The van der Waals surface area contributed by atoms with Crippen molar-refractivity contribution in [1.82, 2.24) is 25.0 Å². The van der Waals surface area contributed by atoms with Crippen molar-refractivity contribution in [1.29, 1.82) is 0 Å². The second kappa shape index (κ2) is 8.44. The SMILES string of the molecule is CN=C(NCCCc1nc(C)cs1)N1CCOC(c2cnn(C)c2)C1. The first-order valence-electron chi connectivity index (χ1n) is 8.62. The van der Waals surface area contributed by atoms with Gasteiger partial charge in [0, 0.05) is 56.4 Å². The number of morpholine rings is 1. The lowest BCUT2D eigenvalue weighted by atomic mass is 10.1. The summed E-state index contributed by atoms with van der Waals surface area (Å²) >= 11 is 1.74. The Morgan fingerprint density at radius 2 is 2.40 bits per heavy atom. The first-order chi connectivity index (χ1) is 12.2. The van der Waals surface area contributed by atoms with E-state index < -0.39 is 0 Å². The highest BCUT2D eigenvalue weighted by Crippen LogP contribution is 2.21. The molecule has 0 aromatic carbocycles. The second-order valence-electron chi connectivity index (χ2n) is 6.21. The minimum atomic E-state index is 0.0410. The number of hydrogen-bond donors (Lipinski definition) is 1. The molecule has 3 heterocycles. The number of ether oxygens (including phenoxy) is 1. The number of thiazole rings is 1. The molecule has 0 bridgehead atoms. The van der Waals surface area contributed by atoms with Crippen LogP contribution in [-0.4, -0.2) is 58.9 Å². The lowest BCUT2D eigenvalue weighted by molar-refractivity contribution is -0.00801. The van der Waals surface area contributed by atoms with E-state index in [-0.39, 0.29) is 6.10 Å². The van der Waals surface area contributed by atoms with Crippen LogP contribution >= 0.6 is 11.3 Å². The van der Waals surface area contributed by atoms with Gasteiger partial charge in [-0.05, 0) is 13.3 Å². The smallest absolute Gasteiger partial charge is 0.193 e. The maximum atomic E-state index is 5.90. The monoisotopic (exact) mass is 362 g/mol. The molecule has 7 nitrogen and oxygen atoms in total. The van der Waals surface area contributed by atoms with Gasteiger partial charge in [-0.3, -0.25) is 9.67 Å². The zero-order valence-electron chi connectivity index (χ0n) is 15.1. The molecular weight excluding hydrogens is 336 g/mol. The third-order valence-electron chi connectivity index (χ3n) is 4.19. The Morgan fingerprint density at radius 1 is 1.52 bits per heavy atom. The van der Waals surface area contributed by atoms with Crippen molar-refractivity contribution in [3.05, 3.63) is 34.0 Å². The van der Waals surface area contributed by atoms with Crippen LogP contribution in [0.3, 0.4) is 0 Å². The van der Waals surface area contributed by atoms with Gasteiger partial charge in [0.25, 0.3) is 0 Å². The van der Waals surface area contributed by atoms with E-state index in [0.29, 0.717) is 6.61 Å². The van der Waals surface area contributed by atoms with Gasteiger partial charge in [0.1, 0.15) is 6.10 Å². The normalized spacial score (nSPS) is 18.6. The van der Waals surface area contributed by atoms with E-state index in [9.17, 15) is 0 Å². The summed E-state index contributed by atoms with van der Waals surface area (Å²) in [5.74, 6) is 0.938. The van der Waals surface area contributed by atoms with E-state index in [4.69, 9.17) is 4.74 Å². The molecule has 1 saturated heterocycles. The molecule has 8 heteroatoms. The van der Waals surface area contributed by atoms with Crippen LogP contribution in [0.4, 0.5) is 0 Å². The summed E-state index contributed by atoms with van der Waals surface area (Å²) in [6.07, 6.45) is 5.98. The molecule has 1 N–H and O–H groups in total. The van der Waals surface area contributed by atoms with Gasteiger partial charge in [0.15, 0.2) is 5.96 Å². The van der Waals surface area contributed by atoms with Crippen molar-refractivity contribution in [3.63, 3.8) is 0 Å². The average Bonchev–Trinajstić information content (AvgIpc) is 3.23. The Hall–Kier alpha value is -1.93. The van der Waals surface area contributed by atoms with Crippen LogP contribution in [0.2, 0.25) is 0 Å². The van der Waals surface area contributed by atoms with Gasteiger partial charge >= 0.3 is 0 Å². The molecule has 2 aromatic heterocycles. The van der Waals surface area contributed by atoms with Crippen LogP contribution in [-0.2, 0) is 18.2 Å². The molecule has 0 radical (unpaired) electrons. The van der Waals surface area contributed by atoms with Crippen LogP contribution in [0.5, 0.6) is 0 Å². The fraction of sp³-hybridized carbons (Fsp3) is 0.588. The summed E-state index contributed by atoms with van der Waals surface area (Å²) in [5, 5.41) is 11.0. The predicted octanol–water partition coefficient (Wildman–Crippen LogP) is 1.77. The molecule has 0 aliphatic carbocycles. The van der Waals surface area contributed by atoms with E-state index in [1.165, 1.54) is 5.01 Å². The summed E-state index contributed by atoms with van der Waals surface area (Å²) in [7, 11) is 3.76. The number of nitrogens with one attached hydrogen (secondary N) is 1. The molecule has 0 spiro atoms. The van der Waals surface area contributed by atoms with E-state index >= 15 is 0 Å². The maximum absolute atomic E-state index is 5.90. The zero-order chi connectivity index (χ0) is 17.6. The maximum Gasteiger partial charge on any atom is 0.193 e. The number of rotatable bonds is 5. The molecule has 1 fully saturated rings. The van der Waals surface area contributed by atoms with Gasteiger partial charge < -0.3 is 15.0 Å². The molecule has 1 unspecified atom stereocenters. The summed E-state index contributed by atoms with van der Waals surface area (Å²) in [5.41, 5.74) is 2.22. The van der Waals surface area contributed by atoms with Gasteiger partial charge in [-0.2, -0.15) is 5.10 Å². The number of aliphatic imine (C=N–C) groups is 1. The largest absolute Gasteiger partial charge is 0.370 e. The Balaban J connectivity index is 1.48. The molecule has 25 heavy (non-hydrogen) atoms. The van der Waals surface area contributed by atoms with Crippen LogP contribution in [0, 0.1) is 6.92 Å². The Bertz CT molecular complexity index is 710. The minimum Gasteiger partial charge on any atom is -0.370 e. The van der Waals surface area contributed by atoms with Gasteiger partial charge in [0.2, 0.25) is 0 Å². The van der Waals surface area contributed by atoms with Crippen molar-refractivity contribution in [2.24, 2.45) is 12.0 Å². The molecule has 0 amide bonds. The Labute approximate surface area is 152 Å². The van der Waals surface area contributed by atoms with Crippen molar-refractivity contribution < 1.29 is 4.74 Å². The summed E-state index contributed by atoms with van der Waals surface area (Å²) in [6.45, 7) is 5.26. The molecule has 136 valence electrons. The highest BCUT2D eigenvalue weighted by molar-refractivity contribution is 7.09. The molecule has 3 rings (SSSR count). The van der Waals surface area contributed by atoms with Crippen LogP contribution in [0.1, 0.15) is 28.8 Å². The van der Waals surface area contributed by atoms with Crippen LogP contribution < -0.4 is 5.32 Å². The van der Waals surface area contributed by atoms with Crippen molar-refractivity contribution in [2.75, 3.05) is 33.3 Å². The van der Waals surface area contributed by atoms with Gasteiger partial charge in [-0.15, -0.1) is 11.3 Å². The first-order valence-corrected chi connectivity index (χ1v) is 9.50. The molecule has 2 aromatic rings. The van der Waals surface area contributed by atoms with Gasteiger partial charge in [0.05, 0.1) is 24.4 Å². The van der Waals surface area contributed by atoms with Crippen molar-refractivity contribution in [2.45, 2.75) is 25.9 Å². The molecular formula is C17H26N6OS. The summed E-state index contributed by atoms with van der Waals surface area (Å²) in [4.78, 5) is 11.2. The first kappa shape index (κ1) is 17.9. The number of hydrogen-bond acceptors (Lipinski definition) is 5. The lowest BCUT2D eigenvalue weighted by Gasteiger charge is -2.34. The van der Waals surface area contributed by atoms with Gasteiger partial charge in [-0.25, -0.2) is 4.98 Å². The molecule has 1 atom stereocenters. The third-order valence-corrected chi connectivity index (χ3v) is 5.22. The van der Waals surface area contributed by atoms with Crippen molar-refractivity contribution >= 4 is 17.3 Å². The molecule has 1 aliphatic heterocycles. The Morgan fingerprint density at radius 3 is 3.08 bits per heavy atom. The number of guanidine groups is 1. The van der Waals surface area contributed by atoms with Crippen LogP contribution in [0.15, 0.2) is 22.8 Å². The second-order valence-corrected chi connectivity index (χ2v) is 7.16. The fourth-order valence-corrected chi connectivity index (χ4v) is 3.76. The lowest BCUT2D eigenvalue weighted by Crippen LogP contribution is -2.48. The summed E-state index contributed by atoms with van der Waals surface area (Å²) < 4.78 is 7.71. The van der Waals surface area contributed by atoms with E-state index in [2.05, 4.69) is 30.7 Å². The highest BCUT2D eigenvalue weighted by atomic mass is 32.1. The van der Waals surface area contributed by atoms with E-state index in [1.54, 1.807) is 11.3 Å². The quantitative estimate of drug-likeness (QED) is 0.499. The number of aromatic nitrogens is 3. The zero-order valence-corrected chi connectivity index (χ0v) is 15.9. The minimum absolute atomic E-state index is 0.0410. The molecule has 1 aliphatic rings. The average molecular weight is 363 g/mol. The topological polar surface area (TPSA) is 67.6 Å². The van der Waals surface area contributed by atoms with Crippen LogP contribution in [0.25, 0.3) is 0 Å². The van der Waals surface area contributed by atoms with E-state index in [1.807, 2.05) is 38.1 Å².